The van der Waals surface area contributed by atoms with E-state index in [1.54, 1.807) is 11.8 Å². The Morgan fingerprint density at radius 2 is 1.09 bits per heavy atom. The third-order valence-corrected chi connectivity index (χ3v) is 6.93. The predicted molar refractivity (Wildman–Crippen MR) is 105 cm³/mol. The number of fused-ring (bicyclic) bond motifs is 4. The molecule has 4 aliphatic carbocycles. The molecule has 0 nitrogen and oxygen atoms in total. The van der Waals surface area contributed by atoms with E-state index in [-0.39, 0.29) is 43.5 Å². The number of allylic oxidation sites excluding steroid dienone is 2. The van der Waals surface area contributed by atoms with Crippen molar-refractivity contribution in [3.63, 3.8) is 0 Å². The van der Waals surface area contributed by atoms with Crippen LogP contribution in [0.15, 0.2) is 24.3 Å². The molecule has 23 heavy (non-hydrogen) atoms. The molecule has 138 valence electrons. The minimum Gasteiger partial charge on any atom is -0.813 e. The second-order valence-electron chi connectivity index (χ2n) is 8.39. The molecule has 4 rings (SSSR count). The fourth-order valence-corrected chi connectivity index (χ4v) is 4.90. The minimum absolute atomic E-state index is 0. The molecule has 4 bridgehead atoms. The summed E-state index contributed by atoms with van der Waals surface area (Å²) in [6, 6.07) is 0. The fourth-order valence-electron chi connectivity index (χ4n) is 4.90. The van der Waals surface area contributed by atoms with Gasteiger partial charge in [0.1, 0.15) is 0 Å². The first-order chi connectivity index (χ1) is 9.24. The van der Waals surface area contributed by atoms with Gasteiger partial charge in [-0.3, -0.25) is 0 Å². The van der Waals surface area contributed by atoms with Crippen molar-refractivity contribution < 1.29 is 16.5 Å². The molecule has 0 spiro atoms. The van der Waals surface area contributed by atoms with Crippen LogP contribution in [0.1, 0.15) is 66.2 Å². The zero-order chi connectivity index (χ0) is 14.7. The molecule has 2 unspecified atom stereocenters. The van der Waals surface area contributed by atoms with Crippen LogP contribution < -0.4 is 0 Å². The van der Waals surface area contributed by atoms with Gasteiger partial charge in [0.2, 0.25) is 0 Å². The Balaban J connectivity index is 0.000000372. The van der Waals surface area contributed by atoms with Gasteiger partial charge >= 0.3 is 0 Å². The van der Waals surface area contributed by atoms with Crippen molar-refractivity contribution in [3.05, 3.63) is 36.1 Å². The molecule has 3 heteroatoms. The Morgan fingerprint density at radius 1 is 0.783 bits per heavy atom. The zero-order valence-corrected chi connectivity index (χ0v) is 17.8. The van der Waals surface area contributed by atoms with Crippen LogP contribution in [0.25, 0.3) is 0 Å². The maximum atomic E-state index is 4.17. The second-order valence-corrected chi connectivity index (χ2v) is 8.39. The van der Waals surface area contributed by atoms with Gasteiger partial charge < -0.3 is 38.8 Å². The van der Waals surface area contributed by atoms with E-state index in [1.165, 1.54) is 49.7 Å². The van der Waals surface area contributed by atoms with E-state index >= 15 is 0 Å². The van der Waals surface area contributed by atoms with Gasteiger partial charge in [-0.1, -0.05) is 52.4 Å². The molecule has 4 saturated carbocycles. The first-order valence-corrected chi connectivity index (χ1v) is 8.33. The summed E-state index contributed by atoms with van der Waals surface area (Å²) in [7, 11) is 0. The standard InChI is InChI=1S/2C10H15.Ni.2H2S/c2*1-7-8-4-5-9(6-8)10(7,2)3;;;/h2*8H,1,4-6H2,2-3H3;;2*1H2/q2*-1;;;/p-2. The van der Waals surface area contributed by atoms with E-state index in [9.17, 15) is 0 Å². The molecule has 0 aromatic carbocycles. The van der Waals surface area contributed by atoms with Crippen LogP contribution in [0.4, 0.5) is 0 Å². The summed E-state index contributed by atoms with van der Waals surface area (Å²) in [5.41, 5.74) is 3.77. The van der Waals surface area contributed by atoms with Crippen molar-refractivity contribution in [2.24, 2.45) is 22.7 Å². The van der Waals surface area contributed by atoms with Gasteiger partial charge in [0.25, 0.3) is 0 Å². The average Bonchev–Trinajstić information content (AvgIpc) is 3.10. The van der Waals surface area contributed by atoms with E-state index in [4.69, 9.17) is 0 Å². The summed E-state index contributed by atoms with van der Waals surface area (Å²) in [6.07, 6.45) is 8.22. The topological polar surface area (TPSA) is 0 Å². The number of rotatable bonds is 0. The molecular formula is C20H32NiS2-4. The molecule has 0 aromatic rings. The van der Waals surface area contributed by atoms with Gasteiger partial charge in [-0.25, -0.2) is 0 Å². The SMILES string of the molecule is C=C1C2CC[C-](C2)C1(C)C.C=C1C2CC[C-](C2)C1(C)C.[Ni].[SH-].[SH-]. The fraction of sp³-hybridized carbons (Fsp3) is 0.700. The van der Waals surface area contributed by atoms with Crippen molar-refractivity contribution >= 4 is 27.0 Å². The Morgan fingerprint density at radius 3 is 1.22 bits per heavy atom. The normalized spacial score (nSPS) is 32.5. The quantitative estimate of drug-likeness (QED) is 0.178. The summed E-state index contributed by atoms with van der Waals surface area (Å²) >= 11 is 0. The molecule has 0 aromatic heterocycles. The van der Waals surface area contributed by atoms with Crippen LogP contribution in [0.3, 0.4) is 0 Å². The monoisotopic (exact) mass is 394 g/mol. The maximum Gasteiger partial charge on any atom is 0 e. The van der Waals surface area contributed by atoms with Crippen molar-refractivity contribution in [2.45, 2.75) is 66.2 Å². The molecular weight excluding hydrogens is 363 g/mol. The van der Waals surface area contributed by atoms with Gasteiger partial charge in [-0.15, -0.1) is 35.1 Å². The van der Waals surface area contributed by atoms with Gasteiger partial charge in [0.05, 0.1) is 0 Å². The van der Waals surface area contributed by atoms with Crippen molar-refractivity contribution in [1.82, 2.24) is 0 Å². The molecule has 4 fully saturated rings. The third-order valence-electron chi connectivity index (χ3n) is 6.93. The van der Waals surface area contributed by atoms with E-state index in [0.29, 0.717) is 10.8 Å². The van der Waals surface area contributed by atoms with E-state index < -0.39 is 0 Å². The minimum atomic E-state index is 0. The first-order valence-electron chi connectivity index (χ1n) is 8.33. The smallest absolute Gasteiger partial charge is 0 e. The molecule has 0 saturated heterocycles. The summed E-state index contributed by atoms with van der Waals surface area (Å²) in [4.78, 5) is 0. The second kappa shape index (κ2) is 7.92. The van der Waals surface area contributed by atoms with Crippen molar-refractivity contribution in [2.75, 3.05) is 0 Å². The maximum absolute atomic E-state index is 4.17. The van der Waals surface area contributed by atoms with Gasteiger partial charge in [0, 0.05) is 16.5 Å². The third kappa shape index (κ3) is 3.77. The Labute approximate surface area is 168 Å². The number of hydrogen-bond donors (Lipinski definition) is 0. The number of thiol groups is 2. The van der Waals surface area contributed by atoms with Crippen molar-refractivity contribution in [3.8, 4) is 0 Å². The van der Waals surface area contributed by atoms with Crippen LogP contribution in [0, 0.1) is 34.5 Å². The van der Waals surface area contributed by atoms with Crippen molar-refractivity contribution in [1.29, 1.82) is 0 Å². The van der Waals surface area contributed by atoms with Crippen LogP contribution in [-0.2, 0) is 43.5 Å². The molecule has 2 atom stereocenters. The molecule has 0 heterocycles. The average molecular weight is 395 g/mol. The summed E-state index contributed by atoms with van der Waals surface area (Å²) < 4.78 is 0. The summed E-state index contributed by atoms with van der Waals surface area (Å²) in [5, 5.41) is 0. The van der Waals surface area contributed by atoms with Crippen LogP contribution >= 0.6 is 0 Å². The van der Waals surface area contributed by atoms with Crippen LogP contribution in [-0.4, -0.2) is 0 Å². The summed E-state index contributed by atoms with van der Waals surface area (Å²) in [5.74, 6) is 5.21. The van der Waals surface area contributed by atoms with Gasteiger partial charge in [-0.05, 0) is 0 Å². The van der Waals surface area contributed by atoms with Crippen LogP contribution in [0.5, 0.6) is 0 Å². The largest absolute Gasteiger partial charge is 0.813 e. The van der Waals surface area contributed by atoms with Gasteiger partial charge in [0.15, 0.2) is 0 Å². The molecule has 4 aliphatic rings. The van der Waals surface area contributed by atoms with E-state index in [1.807, 2.05) is 0 Å². The zero-order valence-electron chi connectivity index (χ0n) is 15.0. The first kappa shape index (κ1) is 23.7. The van der Waals surface area contributed by atoms with E-state index in [0.717, 1.165) is 11.8 Å². The Bertz CT molecular complexity index is 411. The summed E-state index contributed by atoms with van der Waals surface area (Å²) in [6.45, 7) is 17.6. The molecule has 0 radical (unpaired) electrons. The number of hydrogen-bond acceptors (Lipinski definition) is 2. The predicted octanol–water partition coefficient (Wildman–Crippen LogP) is 5.37. The van der Waals surface area contributed by atoms with Gasteiger partial charge in [-0.2, -0.15) is 25.7 Å². The Kier molecular flexibility index (Phi) is 8.15. The molecule has 0 N–H and O–H groups in total. The van der Waals surface area contributed by atoms with Crippen LogP contribution in [0.2, 0.25) is 0 Å². The Hall–Kier alpha value is 0.674. The molecule has 0 amide bonds. The van der Waals surface area contributed by atoms with E-state index in [2.05, 4.69) is 40.9 Å². The molecule has 0 aliphatic heterocycles.